The zero-order chi connectivity index (χ0) is 34.2. The summed E-state index contributed by atoms with van der Waals surface area (Å²) in [7, 11) is 0. The highest BCUT2D eigenvalue weighted by Gasteiger charge is 2.45. The molecule has 7 aromatic rings. The van der Waals surface area contributed by atoms with Gasteiger partial charge in [0.1, 0.15) is 5.82 Å². The zero-order valence-corrected chi connectivity index (χ0v) is 29.3. The van der Waals surface area contributed by atoms with Gasteiger partial charge in [-0.05, 0) is 24.3 Å². The van der Waals surface area contributed by atoms with Crippen LogP contribution in [0.3, 0.4) is 0 Å². The van der Waals surface area contributed by atoms with Crippen LogP contribution in [0.15, 0.2) is 168 Å². The van der Waals surface area contributed by atoms with Gasteiger partial charge in [0, 0.05) is 38.4 Å². The van der Waals surface area contributed by atoms with E-state index in [-0.39, 0.29) is 0 Å². The van der Waals surface area contributed by atoms with E-state index in [0.29, 0.717) is 48.7 Å². The number of imidazole rings is 1. The Morgan fingerprint density at radius 2 is 0.820 bits per heavy atom. The van der Waals surface area contributed by atoms with Crippen molar-refractivity contribution in [3.63, 3.8) is 0 Å². The topological polar surface area (TPSA) is 42.5 Å². The molecule has 50 heavy (non-hydrogen) atoms. The molecule has 0 atom stereocenters. The highest BCUT2D eigenvalue weighted by Crippen LogP contribution is 2.48. The van der Waals surface area contributed by atoms with Crippen LogP contribution in [-0.4, -0.2) is 21.0 Å². The first-order valence-electron chi connectivity index (χ1n) is 15.9. The number of hydrogen-bond donors (Lipinski definition) is 0. The second kappa shape index (κ2) is 13.4. The monoisotopic (exact) mass is 726 g/mol. The zero-order valence-electron chi connectivity index (χ0n) is 26.3. The standard InChI is InChI=1S/C42H26Cl4N4/c43-33-23-11-7-19-29(33)37-38(30-20-8-12-24-34(30)44)49-42(48-37,28-17-5-2-6-18-28)50-40(32-22-10-14-26-36(32)46)39(31-21-9-13-25-35(31)45)47-41(50)27-15-3-1-4-16-27/h1-26H. The van der Waals surface area contributed by atoms with Crippen molar-refractivity contribution in [3.05, 3.63) is 195 Å². The van der Waals surface area contributed by atoms with Crippen LogP contribution >= 0.6 is 46.4 Å². The lowest BCUT2D eigenvalue weighted by Gasteiger charge is -2.30. The van der Waals surface area contributed by atoms with Crippen molar-refractivity contribution >= 4 is 57.8 Å². The van der Waals surface area contributed by atoms with E-state index in [1.54, 1.807) is 0 Å². The summed E-state index contributed by atoms with van der Waals surface area (Å²) in [6.07, 6.45) is 0. The third kappa shape index (κ3) is 5.55. The summed E-state index contributed by atoms with van der Waals surface area (Å²) >= 11 is 27.9. The van der Waals surface area contributed by atoms with Gasteiger partial charge in [0.2, 0.25) is 0 Å². The second-order valence-electron chi connectivity index (χ2n) is 11.7. The van der Waals surface area contributed by atoms with Crippen molar-refractivity contribution in [2.75, 3.05) is 0 Å². The molecule has 0 bridgehead atoms. The van der Waals surface area contributed by atoms with Crippen LogP contribution < -0.4 is 0 Å². The van der Waals surface area contributed by atoms with Crippen molar-refractivity contribution in [1.82, 2.24) is 9.55 Å². The summed E-state index contributed by atoms with van der Waals surface area (Å²) in [5.41, 5.74) is 7.07. The Morgan fingerprint density at radius 1 is 0.420 bits per heavy atom. The molecule has 8 heteroatoms. The summed E-state index contributed by atoms with van der Waals surface area (Å²) in [5, 5.41) is 2.15. The third-order valence-electron chi connectivity index (χ3n) is 8.66. The molecule has 1 aromatic heterocycles. The maximum Gasteiger partial charge on any atom is 0.261 e. The van der Waals surface area contributed by atoms with Gasteiger partial charge in [-0.25, -0.2) is 15.0 Å². The Bertz CT molecular complexity index is 2370. The predicted octanol–water partition coefficient (Wildman–Crippen LogP) is 12.1. The third-order valence-corrected chi connectivity index (χ3v) is 9.98. The number of halogens is 4. The molecule has 0 spiro atoms. The number of rotatable bonds is 7. The summed E-state index contributed by atoms with van der Waals surface area (Å²) < 4.78 is 2.08. The first kappa shape index (κ1) is 32.2. The van der Waals surface area contributed by atoms with E-state index < -0.39 is 5.79 Å². The van der Waals surface area contributed by atoms with Crippen LogP contribution in [0, 0.1) is 0 Å². The van der Waals surface area contributed by atoms with Gasteiger partial charge < -0.3 is 0 Å². The first-order chi connectivity index (χ1) is 24.5. The quantitative estimate of drug-likeness (QED) is 0.161. The number of aromatic nitrogens is 2. The predicted molar refractivity (Wildman–Crippen MR) is 208 cm³/mol. The Balaban J connectivity index is 1.60. The fraction of sp³-hybridized carbons (Fsp3) is 0.0238. The molecule has 0 saturated heterocycles. The van der Waals surface area contributed by atoms with Gasteiger partial charge >= 0.3 is 0 Å². The summed E-state index contributed by atoms with van der Waals surface area (Å²) in [5.74, 6) is -0.832. The molecule has 2 heterocycles. The van der Waals surface area contributed by atoms with E-state index in [9.17, 15) is 0 Å². The van der Waals surface area contributed by atoms with Crippen molar-refractivity contribution in [2.45, 2.75) is 5.79 Å². The van der Waals surface area contributed by atoms with E-state index in [1.807, 2.05) is 158 Å². The normalized spacial score (nSPS) is 13.6. The highest BCUT2D eigenvalue weighted by atomic mass is 35.5. The van der Waals surface area contributed by atoms with Crippen LogP contribution in [0.25, 0.3) is 33.9 Å². The summed E-state index contributed by atoms with van der Waals surface area (Å²) in [4.78, 5) is 16.7. The second-order valence-corrected chi connectivity index (χ2v) is 13.3. The Hall–Kier alpha value is -4.97. The molecule has 0 N–H and O–H groups in total. The van der Waals surface area contributed by atoms with Crippen molar-refractivity contribution in [1.29, 1.82) is 0 Å². The van der Waals surface area contributed by atoms with Crippen LogP contribution in [0.4, 0.5) is 0 Å². The molecular formula is C42H26Cl4N4. The lowest BCUT2D eigenvalue weighted by Crippen LogP contribution is -2.31. The number of aliphatic imine (C=N–C) groups is 2. The number of hydrogen-bond acceptors (Lipinski definition) is 3. The van der Waals surface area contributed by atoms with E-state index in [0.717, 1.165) is 33.4 Å². The van der Waals surface area contributed by atoms with E-state index in [4.69, 9.17) is 61.4 Å². The van der Waals surface area contributed by atoms with Crippen LogP contribution in [0.1, 0.15) is 16.7 Å². The van der Waals surface area contributed by atoms with Gasteiger partial charge in [0.15, 0.2) is 0 Å². The van der Waals surface area contributed by atoms with Crippen LogP contribution in [0.5, 0.6) is 0 Å². The fourth-order valence-electron chi connectivity index (χ4n) is 6.39. The molecule has 0 unspecified atom stereocenters. The van der Waals surface area contributed by atoms with Gasteiger partial charge in [-0.15, -0.1) is 0 Å². The molecule has 1 aliphatic heterocycles. The van der Waals surface area contributed by atoms with E-state index >= 15 is 0 Å². The lowest BCUT2D eigenvalue weighted by molar-refractivity contribution is 0.409. The summed E-state index contributed by atoms with van der Waals surface area (Å²) in [6.45, 7) is 0. The molecule has 0 saturated carbocycles. The van der Waals surface area contributed by atoms with Gasteiger partial charge in [-0.1, -0.05) is 180 Å². The molecule has 0 aliphatic carbocycles. The van der Waals surface area contributed by atoms with E-state index in [1.165, 1.54) is 0 Å². The molecule has 4 nitrogen and oxygen atoms in total. The Kier molecular flexibility index (Phi) is 8.64. The SMILES string of the molecule is Clc1ccccc1C1=NC(c2ccccc2)(n2c(-c3ccccc3)nc(-c3ccccc3Cl)c2-c2ccccc2Cl)N=C1c1ccccc1Cl. The fourth-order valence-corrected chi connectivity index (χ4v) is 7.29. The minimum Gasteiger partial charge on any atom is -0.275 e. The highest BCUT2D eigenvalue weighted by molar-refractivity contribution is 6.58. The van der Waals surface area contributed by atoms with E-state index in [2.05, 4.69) is 4.57 Å². The molecule has 1 aliphatic rings. The minimum absolute atomic E-state index is 0.534. The number of nitrogens with zero attached hydrogens (tertiary/aromatic N) is 4. The molecule has 6 aromatic carbocycles. The van der Waals surface area contributed by atoms with Crippen LogP contribution in [-0.2, 0) is 5.79 Å². The van der Waals surface area contributed by atoms with Gasteiger partial charge in [0.05, 0.1) is 37.9 Å². The van der Waals surface area contributed by atoms with Crippen molar-refractivity contribution < 1.29 is 0 Å². The Morgan fingerprint density at radius 3 is 1.30 bits per heavy atom. The van der Waals surface area contributed by atoms with Gasteiger partial charge in [-0.3, -0.25) is 4.57 Å². The Labute approximate surface area is 310 Å². The molecule has 0 radical (unpaired) electrons. The molecule has 0 amide bonds. The molecule has 8 rings (SSSR count). The average molecular weight is 729 g/mol. The first-order valence-corrected chi connectivity index (χ1v) is 17.4. The van der Waals surface area contributed by atoms with Crippen molar-refractivity contribution in [3.8, 4) is 33.9 Å². The van der Waals surface area contributed by atoms with Gasteiger partial charge in [-0.2, -0.15) is 0 Å². The largest absolute Gasteiger partial charge is 0.275 e. The summed E-state index contributed by atoms with van der Waals surface area (Å²) in [6, 6.07) is 50.6. The number of benzene rings is 6. The average Bonchev–Trinajstić information content (AvgIpc) is 3.74. The molecule has 242 valence electrons. The maximum absolute atomic E-state index is 7.09. The minimum atomic E-state index is -1.45. The lowest BCUT2D eigenvalue weighted by atomic mass is 10.00. The van der Waals surface area contributed by atoms with Crippen LogP contribution in [0.2, 0.25) is 20.1 Å². The maximum atomic E-state index is 7.09. The van der Waals surface area contributed by atoms with Crippen molar-refractivity contribution in [2.24, 2.45) is 9.98 Å². The van der Waals surface area contributed by atoms with Gasteiger partial charge in [0.25, 0.3) is 5.79 Å². The smallest absolute Gasteiger partial charge is 0.261 e. The molecular weight excluding hydrogens is 702 g/mol. The molecule has 0 fully saturated rings.